The van der Waals surface area contributed by atoms with E-state index in [2.05, 4.69) is 54.6 Å². The molecule has 0 aliphatic heterocycles. The van der Waals surface area contributed by atoms with Crippen LogP contribution in [0.3, 0.4) is 0 Å². The SMILES string of the molecule is CC(C)(C)OC(=O)N(C1CCC(NC(=O)c2cc(OCc3ccc(Br)cc3)cc(Oc3ccc(C#N)cc3)c2)CC1)C1CCC(NC(=O)c2cc(OCc3ccc(Br)cc3)cc(Oc3ccc(C#N)cc3)c2)CC1. The Hall–Kier alpha value is -7.33. The largest absolute Gasteiger partial charge is 0.489 e. The van der Waals surface area contributed by atoms with E-state index in [1.165, 1.54) is 0 Å². The van der Waals surface area contributed by atoms with E-state index in [1.807, 2.05) is 74.2 Å². The summed E-state index contributed by atoms with van der Waals surface area (Å²) in [6.45, 7) is 6.16. The molecule has 2 fully saturated rings. The maximum absolute atomic E-state index is 14.1. The zero-order valence-corrected chi connectivity index (χ0v) is 44.6. The van der Waals surface area contributed by atoms with Gasteiger partial charge in [-0.05, 0) is 180 Å². The first kappa shape index (κ1) is 53.0. The number of carbonyl (C=O) groups is 3. The molecule has 0 unspecified atom stereocenters. The predicted molar refractivity (Wildman–Crippen MR) is 287 cm³/mol. The number of benzene rings is 6. The molecule has 3 amide bonds. The zero-order valence-electron chi connectivity index (χ0n) is 41.4. The Morgan fingerprint density at radius 2 is 0.892 bits per heavy atom. The van der Waals surface area contributed by atoms with Gasteiger partial charge in [-0.1, -0.05) is 56.1 Å². The number of rotatable bonds is 16. The zero-order chi connectivity index (χ0) is 52.2. The van der Waals surface area contributed by atoms with Crippen molar-refractivity contribution < 1.29 is 38.1 Å². The van der Waals surface area contributed by atoms with Crippen LogP contribution in [0.5, 0.6) is 34.5 Å². The summed E-state index contributed by atoms with van der Waals surface area (Å²) >= 11 is 6.94. The van der Waals surface area contributed by atoms with Gasteiger partial charge in [0.1, 0.15) is 53.3 Å². The van der Waals surface area contributed by atoms with Gasteiger partial charge < -0.3 is 39.2 Å². The Morgan fingerprint density at radius 3 is 1.24 bits per heavy atom. The molecule has 13 nitrogen and oxygen atoms in total. The smallest absolute Gasteiger partial charge is 0.410 e. The van der Waals surface area contributed by atoms with Crippen LogP contribution in [-0.4, -0.2) is 52.6 Å². The van der Waals surface area contributed by atoms with Gasteiger partial charge in [-0.15, -0.1) is 0 Å². The van der Waals surface area contributed by atoms with Crippen LogP contribution in [0.25, 0.3) is 0 Å². The first-order valence-electron chi connectivity index (χ1n) is 24.7. The minimum atomic E-state index is -0.704. The molecule has 0 radical (unpaired) electrons. The average molecular weight is 1120 g/mol. The Kier molecular flexibility index (Phi) is 17.6. The van der Waals surface area contributed by atoms with Crippen molar-refractivity contribution in [2.45, 2.75) is 115 Å². The van der Waals surface area contributed by atoms with Crippen molar-refractivity contribution in [3.05, 3.63) is 176 Å². The quantitative estimate of drug-likeness (QED) is 0.0950. The molecule has 15 heteroatoms. The van der Waals surface area contributed by atoms with Crippen LogP contribution in [0.4, 0.5) is 4.79 Å². The fourth-order valence-corrected chi connectivity index (χ4v) is 9.63. The highest BCUT2D eigenvalue weighted by Crippen LogP contribution is 2.35. The number of nitrogens with zero attached hydrogens (tertiary/aromatic N) is 3. The van der Waals surface area contributed by atoms with E-state index >= 15 is 0 Å². The summed E-state index contributed by atoms with van der Waals surface area (Å²) in [6.07, 6.45) is 4.90. The van der Waals surface area contributed by atoms with Crippen molar-refractivity contribution in [1.29, 1.82) is 10.5 Å². The van der Waals surface area contributed by atoms with Gasteiger partial charge in [-0.3, -0.25) is 9.59 Å². The lowest BCUT2D eigenvalue weighted by Crippen LogP contribution is -2.53. The number of carbonyl (C=O) groups excluding carboxylic acids is 3. The topological polar surface area (TPSA) is 172 Å². The number of hydrogen-bond acceptors (Lipinski definition) is 10. The van der Waals surface area contributed by atoms with E-state index in [9.17, 15) is 24.9 Å². The van der Waals surface area contributed by atoms with Gasteiger partial charge in [0.2, 0.25) is 0 Å². The second-order valence-corrected chi connectivity index (χ2v) is 21.4. The first-order valence-corrected chi connectivity index (χ1v) is 26.3. The first-order chi connectivity index (χ1) is 35.6. The van der Waals surface area contributed by atoms with Gasteiger partial charge in [0, 0.05) is 56.4 Å². The lowest BCUT2D eigenvalue weighted by atomic mass is 9.85. The normalized spacial score (nSPS) is 17.3. The van der Waals surface area contributed by atoms with E-state index in [4.69, 9.17) is 23.7 Å². The van der Waals surface area contributed by atoms with Crippen LogP contribution < -0.4 is 29.6 Å². The number of halogens is 2. The Balaban J connectivity index is 0.904. The summed E-state index contributed by atoms with van der Waals surface area (Å²) in [5.74, 6) is 2.21. The van der Waals surface area contributed by atoms with Crippen molar-refractivity contribution in [1.82, 2.24) is 15.5 Å². The summed E-state index contributed by atoms with van der Waals surface area (Å²) in [5, 5.41) is 25.0. The Labute approximate surface area is 449 Å². The number of ether oxygens (including phenoxy) is 5. The molecule has 0 saturated heterocycles. The predicted octanol–water partition coefficient (Wildman–Crippen LogP) is 13.7. The molecule has 0 spiro atoms. The molecule has 380 valence electrons. The summed E-state index contributed by atoms with van der Waals surface area (Å²) in [7, 11) is 0. The average Bonchev–Trinajstić information content (AvgIpc) is 3.39. The fourth-order valence-electron chi connectivity index (χ4n) is 9.10. The molecule has 2 aliphatic rings. The summed E-state index contributed by atoms with van der Waals surface area (Å²) in [4.78, 5) is 44.1. The van der Waals surface area contributed by atoms with E-state index in [0.717, 1.165) is 20.1 Å². The summed E-state index contributed by atoms with van der Waals surface area (Å²) in [5.41, 5.74) is 2.96. The number of hydrogen-bond donors (Lipinski definition) is 2. The lowest BCUT2D eigenvalue weighted by Gasteiger charge is -2.44. The molecule has 74 heavy (non-hydrogen) atoms. The molecule has 2 saturated carbocycles. The third kappa shape index (κ3) is 15.1. The number of nitrogens with one attached hydrogen (secondary N) is 2. The van der Waals surface area contributed by atoms with E-state index in [1.54, 1.807) is 84.9 Å². The Morgan fingerprint density at radius 1 is 0.527 bits per heavy atom. The van der Waals surface area contributed by atoms with Crippen LogP contribution >= 0.6 is 31.9 Å². The highest BCUT2D eigenvalue weighted by atomic mass is 79.9. The Bertz CT molecular complexity index is 2800. The third-order valence-electron chi connectivity index (χ3n) is 12.8. The molecule has 8 rings (SSSR count). The van der Waals surface area contributed by atoms with Crippen molar-refractivity contribution in [3.63, 3.8) is 0 Å². The maximum atomic E-state index is 14.1. The molecular formula is C59H57Br2N5O8. The fraction of sp³-hybridized carbons (Fsp3) is 0.305. The van der Waals surface area contributed by atoms with E-state index < -0.39 is 5.60 Å². The molecule has 2 aliphatic carbocycles. The van der Waals surface area contributed by atoms with Crippen LogP contribution in [0, 0.1) is 22.7 Å². The van der Waals surface area contributed by atoms with Crippen molar-refractivity contribution in [3.8, 4) is 46.6 Å². The molecule has 0 atom stereocenters. The molecule has 0 aromatic heterocycles. The molecule has 2 N–H and O–H groups in total. The van der Waals surface area contributed by atoms with Gasteiger partial charge in [0.15, 0.2) is 0 Å². The van der Waals surface area contributed by atoms with Gasteiger partial charge in [0.25, 0.3) is 11.8 Å². The molecular weight excluding hydrogens is 1070 g/mol. The van der Waals surface area contributed by atoms with Gasteiger partial charge in [-0.2, -0.15) is 10.5 Å². The third-order valence-corrected chi connectivity index (χ3v) is 13.9. The van der Waals surface area contributed by atoms with Gasteiger partial charge in [0.05, 0.1) is 23.3 Å². The number of amides is 3. The van der Waals surface area contributed by atoms with Crippen LogP contribution in [0.15, 0.2) is 142 Å². The lowest BCUT2D eigenvalue weighted by molar-refractivity contribution is -0.00736. The van der Waals surface area contributed by atoms with Crippen molar-refractivity contribution >= 4 is 49.8 Å². The highest BCUT2D eigenvalue weighted by Gasteiger charge is 2.38. The molecule has 0 heterocycles. The van der Waals surface area contributed by atoms with Gasteiger partial charge >= 0.3 is 6.09 Å². The van der Waals surface area contributed by atoms with Crippen molar-refractivity contribution in [2.24, 2.45) is 0 Å². The van der Waals surface area contributed by atoms with Crippen LogP contribution in [-0.2, 0) is 18.0 Å². The number of nitriles is 2. The van der Waals surface area contributed by atoms with Crippen LogP contribution in [0.1, 0.15) is 115 Å². The molecule has 6 aromatic rings. The maximum Gasteiger partial charge on any atom is 0.410 e. The van der Waals surface area contributed by atoms with E-state index in [-0.39, 0.29) is 55.3 Å². The second kappa shape index (κ2) is 24.6. The summed E-state index contributed by atoms with van der Waals surface area (Å²) < 4.78 is 32.6. The standard InChI is InChI=1S/C59H57Br2N5O8/c1-59(2,3)74-58(69)66(48-20-16-46(17-21-48)64-56(67)42-28-52(70-36-40-4-12-44(60)13-5-40)32-54(30-42)72-50-24-8-38(34-62)9-25-50)49-22-18-47(19-23-49)65-57(68)43-29-53(71-37-41-6-14-45(61)15-7-41)33-55(31-43)73-51-26-10-39(35-63)11-27-51/h4-15,24-33,46-49H,16-23,36-37H2,1-3H3,(H,64,67)(H,65,68). The highest BCUT2D eigenvalue weighted by molar-refractivity contribution is 9.10. The minimum Gasteiger partial charge on any atom is -0.489 e. The summed E-state index contributed by atoms with van der Waals surface area (Å²) in [6, 6.07) is 43.1. The molecule has 0 bridgehead atoms. The molecule has 6 aromatic carbocycles. The van der Waals surface area contributed by atoms with Crippen LogP contribution in [0.2, 0.25) is 0 Å². The monoisotopic (exact) mass is 1120 g/mol. The van der Waals surface area contributed by atoms with E-state index in [0.29, 0.717) is 108 Å². The minimum absolute atomic E-state index is 0.105. The van der Waals surface area contributed by atoms with Gasteiger partial charge in [-0.25, -0.2) is 4.79 Å². The van der Waals surface area contributed by atoms with Crippen molar-refractivity contribution in [2.75, 3.05) is 0 Å². The second-order valence-electron chi connectivity index (χ2n) is 19.5.